The Bertz CT molecular complexity index is 350. The molecule has 0 amide bonds. The van der Waals surface area contributed by atoms with Gasteiger partial charge in [-0.1, -0.05) is 24.6 Å². The summed E-state index contributed by atoms with van der Waals surface area (Å²) in [5, 5.41) is 0. The first-order valence-electron chi connectivity index (χ1n) is 6.39. The summed E-state index contributed by atoms with van der Waals surface area (Å²) in [4.78, 5) is 10.5. The fraction of sp³-hybridized carbons (Fsp3) is 0.667. The van der Waals surface area contributed by atoms with Gasteiger partial charge in [0.05, 0.1) is 0 Å². The zero-order chi connectivity index (χ0) is 11.8. The first-order valence-corrected chi connectivity index (χ1v) is 6.39. The standard InChI is InChI=1S/C15H22O/c1-11(10-16)5-4-6-13(3)15-8-7-12(2)14(15)9-15/h5,7,10,13-14H,4,6,8-9H2,1-3H3/b11-5+/t13-,14+,15+/m0/s1. The van der Waals surface area contributed by atoms with Crippen molar-refractivity contribution in [3.63, 3.8) is 0 Å². The van der Waals surface area contributed by atoms with Gasteiger partial charge in [-0.25, -0.2) is 0 Å². The number of aldehydes is 1. The van der Waals surface area contributed by atoms with E-state index in [0.29, 0.717) is 5.41 Å². The summed E-state index contributed by atoms with van der Waals surface area (Å²) in [6.45, 7) is 6.55. The van der Waals surface area contributed by atoms with Crippen LogP contribution in [0.3, 0.4) is 0 Å². The van der Waals surface area contributed by atoms with Crippen LogP contribution in [-0.4, -0.2) is 6.29 Å². The molecular weight excluding hydrogens is 196 g/mol. The van der Waals surface area contributed by atoms with E-state index in [1.54, 1.807) is 5.57 Å². The van der Waals surface area contributed by atoms with Gasteiger partial charge < -0.3 is 0 Å². The van der Waals surface area contributed by atoms with E-state index in [1.807, 2.05) is 6.92 Å². The Kier molecular flexibility index (Phi) is 3.05. The van der Waals surface area contributed by atoms with Crippen LogP contribution in [0.5, 0.6) is 0 Å². The minimum Gasteiger partial charge on any atom is -0.298 e. The molecule has 0 bridgehead atoms. The highest BCUT2D eigenvalue weighted by Gasteiger charge is 2.59. The van der Waals surface area contributed by atoms with E-state index in [4.69, 9.17) is 0 Å². The molecule has 0 aromatic heterocycles. The molecule has 0 heterocycles. The molecule has 0 N–H and O–H groups in total. The molecule has 0 saturated heterocycles. The molecule has 88 valence electrons. The molecule has 0 aromatic carbocycles. The number of rotatable bonds is 5. The van der Waals surface area contributed by atoms with Crippen LogP contribution in [0.2, 0.25) is 0 Å². The van der Waals surface area contributed by atoms with Crippen molar-refractivity contribution in [2.45, 2.75) is 46.5 Å². The number of fused-ring (bicyclic) bond motifs is 1. The summed E-state index contributed by atoms with van der Waals surface area (Å²) in [7, 11) is 0. The van der Waals surface area contributed by atoms with Gasteiger partial charge in [0.2, 0.25) is 0 Å². The lowest BCUT2D eigenvalue weighted by molar-refractivity contribution is -0.104. The van der Waals surface area contributed by atoms with Crippen molar-refractivity contribution in [3.8, 4) is 0 Å². The average molecular weight is 218 g/mol. The van der Waals surface area contributed by atoms with Crippen LogP contribution in [0, 0.1) is 17.3 Å². The Labute approximate surface area is 98.6 Å². The van der Waals surface area contributed by atoms with Crippen molar-refractivity contribution in [1.29, 1.82) is 0 Å². The number of allylic oxidation sites excluding steroid dienone is 4. The lowest BCUT2D eigenvalue weighted by Gasteiger charge is -2.20. The van der Waals surface area contributed by atoms with Gasteiger partial charge >= 0.3 is 0 Å². The largest absolute Gasteiger partial charge is 0.298 e. The van der Waals surface area contributed by atoms with Crippen LogP contribution in [0.15, 0.2) is 23.3 Å². The van der Waals surface area contributed by atoms with E-state index in [-0.39, 0.29) is 0 Å². The third-order valence-corrected chi connectivity index (χ3v) is 4.71. The molecule has 0 aliphatic heterocycles. The minimum absolute atomic E-state index is 0.618. The smallest absolute Gasteiger partial charge is 0.145 e. The summed E-state index contributed by atoms with van der Waals surface area (Å²) in [6, 6.07) is 0. The SMILES string of the molecule is CC1=CC[C@]2([C@@H](C)CC/C=C(\C)C=O)C[C@H]12. The Hall–Kier alpha value is -0.850. The fourth-order valence-electron chi connectivity index (χ4n) is 3.30. The predicted molar refractivity (Wildman–Crippen MR) is 67.1 cm³/mol. The number of hydrogen-bond donors (Lipinski definition) is 0. The van der Waals surface area contributed by atoms with E-state index < -0.39 is 0 Å². The molecule has 2 rings (SSSR count). The molecule has 0 aromatic rings. The molecule has 2 aliphatic rings. The van der Waals surface area contributed by atoms with Gasteiger partial charge in [0.1, 0.15) is 6.29 Å². The zero-order valence-corrected chi connectivity index (χ0v) is 10.6. The van der Waals surface area contributed by atoms with Crippen LogP contribution < -0.4 is 0 Å². The summed E-state index contributed by atoms with van der Waals surface area (Å²) in [5.74, 6) is 1.68. The van der Waals surface area contributed by atoms with Crippen LogP contribution in [0.25, 0.3) is 0 Å². The number of carbonyl (C=O) groups is 1. The Morgan fingerprint density at radius 2 is 2.44 bits per heavy atom. The average Bonchev–Trinajstić information content (AvgIpc) is 2.94. The summed E-state index contributed by atoms with van der Waals surface area (Å²) in [5.41, 5.74) is 3.11. The van der Waals surface area contributed by atoms with Crippen LogP contribution in [0.4, 0.5) is 0 Å². The Balaban J connectivity index is 1.83. The number of hydrogen-bond acceptors (Lipinski definition) is 1. The maximum absolute atomic E-state index is 10.5. The molecule has 0 unspecified atom stereocenters. The third-order valence-electron chi connectivity index (χ3n) is 4.71. The summed E-state index contributed by atoms with van der Waals surface area (Å²) in [6.07, 6.45) is 10.4. The summed E-state index contributed by atoms with van der Waals surface area (Å²) >= 11 is 0. The summed E-state index contributed by atoms with van der Waals surface area (Å²) < 4.78 is 0. The lowest BCUT2D eigenvalue weighted by atomic mass is 9.84. The molecule has 0 radical (unpaired) electrons. The third kappa shape index (κ3) is 1.88. The van der Waals surface area contributed by atoms with Crippen molar-refractivity contribution in [3.05, 3.63) is 23.3 Å². The van der Waals surface area contributed by atoms with Gasteiger partial charge in [0.15, 0.2) is 0 Å². The zero-order valence-electron chi connectivity index (χ0n) is 10.6. The quantitative estimate of drug-likeness (QED) is 0.388. The molecule has 1 fully saturated rings. The van der Waals surface area contributed by atoms with Gasteiger partial charge in [0, 0.05) is 0 Å². The van der Waals surface area contributed by atoms with E-state index in [0.717, 1.165) is 30.1 Å². The second kappa shape index (κ2) is 4.20. The maximum atomic E-state index is 10.5. The molecule has 1 heteroatoms. The van der Waals surface area contributed by atoms with E-state index in [9.17, 15) is 4.79 Å². The van der Waals surface area contributed by atoms with Crippen molar-refractivity contribution in [2.75, 3.05) is 0 Å². The monoisotopic (exact) mass is 218 g/mol. The molecule has 16 heavy (non-hydrogen) atoms. The first kappa shape index (κ1) is 11.6. The van der Waals surface area contributed by atoms with Crippen molar-refractivity contribution >= 4 is 6.29 Å². The highest BCUT2D eigenvalue weighted by atomic mass is 16.1. The van der Waals surface area contributed by atoms with E-state index >= 15 is 0 Å². The Morgan fingerprint density at radius 1 is 1.69 bits per heavy atom. The number of carbonyl (C=O) groups excluding carboxylic acids is 1. The normalized spacial score (nSPS) is 34.3. The minimum atomic E-state index is 0.618. The van der Waals surface area contributed by atoms with Gasteiger partial charge in [-0.3, -0.25) is 4.79 Å². The maximum Gasteiger partial charge on any atom is 0.145 e. The van der Waals surface area contributed by atoms with Crippen LogP contribution >= 0.6 is 0 Å². The fourth-order valence-corrected chi connectivity index (χ4v) is 3.30. The molecule has 3 atom stereocenters. The van der Waals surface area contributed by atoms with E-state index in [1.165, 1.54) is 19.3 Å². The Morgan fingerprint density at radius 3 is 2.94 bits per heavy atom. The van der Waals surface area contributed by atoms with Gasteiger partial charge in [-0.15, -0.1) is 0 Å². The van der Waals surface area contributed by atoms with Crippen molar-refractivity contribution in [1.82, 2.24) is 0 Å². The van der Waals surface area contributed by atoms with Crippen molar-refractivity contribution < 1.29 is 4.79 Å². The second-order valence-electron chi connectivity index (χ2n) is 5.69. The topological polar surface area (TPSA) is 17.1 Å². The molecule has 1 nitrogen and oxygen atoms in total. The second-order valence-corrected chi connectivity index (χ2v) is 5.69. The van der Waals surface area contributed by atoms with Gasteiger partial charge in [-0.2, -0.15) is 0 Å². The first-order chi connectivity index (χ1) is 7.60. The molecule has 0 spiro atoms. The van der Waals surface area contributed by atoms with Crippen LogP contribution in [-0.2, 0) is 4.79 Å². The van der Waals surface area contributed by atoms with Gasteiger partial charge in [-0.05, 0) is 62.4 Å². The highest BCUT2D eigenvalue weighted by Crippen LogP contribution is 2.67. The molecule has 2 aliphatic carbocycles. The predicted octanol–water partition coefficient (Wildman–Crippen LogP) is 3.90. The van der Waals surface area contributed by atoms with E-state index in [2.05, 4.69) is 26.0 Å². The van der Waals surface area contributed by atoms with Gasteiger partial charge in [0.25, 0.3) is 0 Å². The van der Waals surface area contributed by atoms with Crippen molar-refractivity contribution in [2.24, 2.45) is 17.3 Å². The molecular formula is C15H22O. The van der Waals surface area contributed by atoms with Crippen LogP contribution in [0.1, 0.15) is 46.5 Å². The highest BCUT2D eigenvalue weighted by molar-refractivity contribution is 5.71. The lowest BCUT2D eigenvalue weighted by Crippen LogP contribution is -2.12. The molecule has 1 saturated carbocycles.